The number of benzene rings is 1. The van der Waals surface area contributed by atoms with Gasteiger partial charge in [0.2, 0.25) is 0 Å². The van der Waals surface area contributed by atoms with Crippen molar-refractivity contribution in [1.82, 2.24) is 19.9 Å². The summed E-state index contributed by atoms with van der Waals surface area (Å²) >= 11 is 0. The summed E-state index contributed by atoms with van der Waals surface area (Å²) in [6, 6.07) is 4.00. The summed E-state index contributed by atoms with van der Waals surface area (Å²) in [5, 5.41) is 12.5. The van der Waals surface area contributed by atoms with E-state index in [1.54, 1.807) is 6.21 Å². The molecule has 1 aliphatic rings. The van der Waals surface area contributed by atoms with Crippen molar-refractivity contribution in [2.24, 2.45) is 5.10 Å². The average molecular weight is 242 g/mol. The third kappa shape index (κ3) is 1.76. The fourth-order valence-corrected chi connectivity index (χ4v) is 2.00. The molecular weight excluding hydrogens is 228 g/mol. The molecule has 1 aliphatic heterocycles. The van der Waals surface area contributed by atoms with Gasteiger partial charge < -0.3 is 0 Å². The van der Waals surface area contributed by atoms with E-state index in [0.717, 1.165) is 22.3 Å². The first-order chi connectivity index (χ1) is 8.75. The number of nitrogens with zero attached hydrogens (tertiary/aromatic N) is 5. The summed E-state index contributed by atoms with van der Waals surface area (Å²) in [5.74, 6) is 0. The van der Waals surface area contributed by atoms with Crippen LogP contribution in [-0.2, 0) is 6.67 Å². The van der Waals surface area contributed by atoms with Gasteiger partial charge in [-0.2, -0.15) is 5.10 Å². The molecule has 0 unspecified atom stereocenters. The Bertz CT molecular complexity index is 637. The Morgan fingerprint density at radius 3 is 3.06 bits per heavy atom. The van der Waals surface area contributed by atoms with Crippen LogP contribution >= 0.6 is 0 Å². The molecule has 0 atom stereocenters. The molecule has 3 rings (SSSR count). The van der Waals surface area contributed by atoms with E-state index in [2.05, 4.69) is 20.8 Å². The van der Waals surface area contributed by atoms with Crippen molar-refractivity contribution in [2.75, 3.05) is 19.5 Å². The van der Waals surface area contributed by atoms with Gasteiger partial charge in [0.15, 0.2) is 0 Å². The predicted molar refractivity (Wildman–Crippen MR) is 72.4 cm³/mol. The third-order valence-electron chi connectivity index (χ3n) is 2.74. The summed E-state index contributed by atoms with van der Waals surface area (Å²) in [5.41, 5.74) is 6.94. The summed E-state index contributed by atoms with van der Waals surface area (Å²) in [6.07, 6.45) is 5.65. The molecule has 6 nitrogen and oxygen atoms in total. The number of fused-ring (bicyclic) bond motifs is 3. The van der Waals surface area contributed by atoms with Gasteiger partial charge in [-0.05, 0) is 26.2 Å². The number of aromatic nitrogens is 3. The van der Waals surface area contributed by atoms with Crippen LogP contribution in [0.15, 0.2) is 23.3 Å². The van der Waals surface area contributed by atoms with Gasteiger partial charge in [0, 0.05) is 11.8 Å². The highest BCUT2D eigenvalue weighted by Gasteiger charge is 2.13. The molecule has 2 heterocycles. The van der Waals surface area contributed by atoms with Crippen molar-refractivity contribution in [3.05, 3.63) is 23.8 Å². The van der Waals surface area contributed by atoms with Crippen LogP contribution in [0.2, 0.25) is 0 Å². The second kappa shape index (κ2) is 4.23. The van der Waals surface area contributed by atoms with Crippen molar-refractivity contribution in [3.8, 4) is 0 Å². The van der Waals surface area contributed by atoms with Crippen molar-refractivity contribution in [1.29, 1.82) is 0 Å². The second-order valence-electron chi connectivity index (χ2n) is 4.46. The van der Waals surface area contributed by atoms with Crippen LogP contribution in [0.3, 0.4) is 0 Å². The van der Waals surface area contributed by atoms with Gasteiger partial charge in [-0.1, -0.05) is 17.4 Å². The zero-order valence-corrected chi connectivity index (χ0v) is 10.3. The lowest BCUT2D eigenvalue weighted by Gasteiger charge is -2.12. The number of rotatable bonds is 2. The normalized spacial score (nSPS) is 13.7. The van der Waals surface area contributed by atoms with E-state index in [4.69, 9.17) is 0 Å². The number of hydrogen-bond acceptors (Lipinski definition) is 5. The lowest BCUT2D eigenvalue weighted by Crippen LogP contribution is -2.18. The maximum absolute atomic E-state index is 4.18. The van der Waals surface area contributed by atoms with Gasteiger partial charge in [0.1, 0.15) is 11.0 Å². The van der Waals surface area contributed by atoms with Gasteiger partial charge in [-0.3, -0.25) is 10.3 Å². The van der Waals surface area contributed by atoms with E-state index in [0.29, 0.717) is 6.67 Å². The molecule has 1 aromatic heterocycles. The Morgan fingerprint density at radius 1 is 1.33 bits per heavy atom. The Hall–Kier alpha value is -2.21. The Labute approximate surface area is 105 Å². The highest BCUT2D eigenvalue weighted by Crippen LogP contribution is 2.28. The molecule has 0 radical (unpaired) electrons. The van der Waals surface area contributed by atoms with Crippen LogP contribution in [0, 0.1) is 0 Å². The molecule has 18 heavy (non-hydrogen) atoms. The number of hydrazone groups is 1. The minimum Gasteiger partial charge on any atom is -0.291 e. The standard InChI is InChI=1S/C12H14N6/c1-17(2)8-18-12-10(14-16-18)6-5-9-4-3-7-13-15-11(9)12/h3-7,15H,8H2,1-2H3. The number of hydrogen-bond donors (Lipinski definition) is 1. The van der Waals surface area contributed by atoms with Crippen molar-refractivity contribution in [3.63, 3.8) is 0 Å². The first-order valence-electron chi connectivity index (χ1n) is 5.72. The summed E-state index contributed by atoms with van der Waals surface area (Å²) in [6.45, 7) is 0.683. The third-order valence-corrected chi connectivity index (χ3v) is 2.74. The van der Waals surface area contributed by atoms with Gasteiger partial charge in [0.05, 0.1) is 12.4 Å². The van der Waals surface area contributed by atoms with E-state index in [9.17, 15) is 0 Å². The van der Waals surface area contributed by atoms with Crippen molar-refractivity contribution in [2.45, 2.75) is 6.67 Å². The smallest absolute Gasteiger partial charge is 0.116 e. The molecular formula is C12H14N6. The molecule has 0 fully saturated rings. The summed E-state index contributed by atoms with van der Waals surface area (Å²) in [7, 11) is 4.00. The number of nitrogens with one attached hydrogen (secondary N) is 1. The second-order valence-corrected chi connectivity index (χ2v) is 4.46. The zero-order chi connectivity index (χ0) is 12.5. The first kappa shape index (κ1) is 10.9. The fraction of sp³-hybridized carbons (Fsp3) is 0.250. The molecule has 0 amide bonds. The van der Waals surface area contributed by atoms with E-state index >= 15 is 0 Å². The lowest BCUT2D eigenvalue weighted by atomic mass is 10.1. The largest absolute Gasteiger partial charge is 0.291 e. The van der Waals surface area contributed by atoms with E-state index in [1.807, 2.05) is 48.0 Å². The minimum absolute atomic E-state index is 0.683. The van der Waals surface area contributed by atoms with Crippen LogP contribution in [-0.4, -0.2) is 40.2 Å². The highest BCUT2D eigenvalue weighted by atomic mass is 15.5. The van der Waals surface area contributed by atoms with Crippen molar-refractivity contribution < 1.29 is 0 Å². The topological polar surface area (TPSA) is 58.3 Å². The maximum atomic E-state index is 4.18. The van der Waals surface area contributed by atoms with E-state index in [-0.39, 0.29) is 0 Å². The minimum atomic E-state index is 0.683. The van der Waals surface area contributed by atoms with E-state index < -0.39 is 0 Å². The van der Waals surface area contributed by atoms with Crippen LogP contribution in [0.25, 0.3) is 17.1 Å². The monoisotopic (exact) mass is 242 g/mol. The molecule has 92 valence electrons. The summed E-state index contributed by atoms with van der Waals surface area (Å²) < 4.78 is 1.87. The van der Waals surface area contributed by atoms with Gasteiger partial charge in [0.25, 0.3) is 0 Å². The van der Waals surface area contributed by atoms with Crippen LogP contribution < -0.4 is 5.43 Å². The summed E-state index contributed by atoms with van der Waals surface area (Å²) in [4.78, 5) is 2.04. The van der Waals surface area contributed by atoms with Gasteiger partial charge in [-0.25, -0.2) is 4.68 Å². The zero-order valence-electron chi connectivity index (χ0n) is 10.3. The first-order valence-corrected chi connectivity index (χ1v) is 5.72. The number of allylic oxidation sites excluding steroid dienone is 1. The molecule has 6 heteroatoms. The van der Waals surface area contributed by atoms with E-state index in [1.165, 1.54) is 0 Å². The molecule has 0 bridgehead atoms. The van der Waals surface area contributed by atoms with Gasteiger partial charge >= 0.3 is 0 Å². The Kier molecular flexibility index (Phi) is 2.56. The maximum Gasteiger partial charge on any atom is 0.116 e. The molecule has 0 aliphatic carbocycles. The quantitative estimate of drug-likeness (QED) is 0.864. The molecule has 1 N–H and O–H groups in total. The number of anilines is 1. The molecule has 0 spiro atoms. The lowest BCUT2D eigenvalue weighted by molar-refractivity contribution is 0.309. The molecule has 1 aromatic carbocycles. The molecule has 2 aromatic rings. The van der Waals surface area contributed by atoms with Gasteiger partial charge in [-0.15, -0.1) is 5.10 Å². The van der Waals surface area contributed by atoms with Crippen LogP contribution in [0.1, 0.15) is 5.56 Å². The van der Waals surface area contributed by atoms with Crippen LogP contribution in [0.4, 0.5) is 5.69 Å². The molecule has 0 saturated carbocycles. The Morgan fingerprint density at radius 2 is 2.22 bits per heavy atom. The fourth-order valence-electron chi connectivity index (χ4n) is 2.00. The highest BCUT2D eigenvalue weighted by molar-refractivity contribution is 5.96. The van der Waals surface area contributed by atoms with Crippen LogP contribution in [0.5, 0.6) is 0 Å². The average Bonchev–Trinajstić information content (AvgIpc) is 2.60. The molecule has 0 saturated heterocycles. The predicted octanol–water partition coefficient (Wildman–Crippen LogP) is 1.37. The Balaban J connectivity index is 2.22. The SMILES string of the molecule is CN(C)Cn1nnc2ccc3c(c21)NN=CC=C3. The van der Waals surface area contributed by atoms with Crippen molar-refractivity contribution >= 4 is 29.0 Å².